The Balaban J connectivity index is 2.70. The number of amides is 1. The minimum Gasteiger partial charge on any atom is -0.407 e. The Kier molecular flexibility index (Phi) is 2.32. The zero-order chi connectivity index (χ0) is 9.14. The minimum atomic E-state index is -0.821. The third-order valence-corrected chi connectivity index (χ3v) is 1.33. The molecule has 2 N–H and O–H groups in total. The van der Waals surface area contributed by atoms with Crippen LogP contribution in [0.1, 0.15) is 19.9 Å². The minimum absolute atomic E-state index is 0.246. The average Bonchev–Trinajstić information content (AvgIpc) is 2.34. The molecule has 5 heteroatoms. The van der Waals surface area contributed by atoms with E-state index in [4.69, 9.17) is 5.73 Å². The van der Waals surface area contributed by atoms with Crippen LogP contribution in [0.25, 0.3) is 0 Å². The molecular formula is C7H11N3O2. The van der Waals surface area contributed by atoms with Crippen molar-refractivity contribution in [3.63, 3.8) is 0 Å². The molecule has 66 valence electrons. The van der Waals surface area contributed by atoms with E-state index < -0.39 is 6.09 Å². The predicted molar refractivity (Wildman–Crippen MR) is 42.8 cm³/mol. The SMILES string of the molecule is CC(C)n1cc(OC(N)=O)cn1. The lowest BCUT2D eigenvalue weighted by molar-refractivity contribution is 0.211. The van der Waals surface area contributed by atoms with Crippen molar-refractivity contribution in [3.05, 3.63) is 12.4 Å². The third kappa shape index (κ3) is 1.98. The van der Waals surface area contributed by atoms with Gasteiger partial charge in [-0.25, -0.2) is 4.79 Å². The highest BCUT2D eigenvalue weighted by molar-refractivity contribution is 5.67. The number of ether oxygens (including phenoxy) is 1. The molecule has 0 aliphatic carbocycles. The Bertz CT molecular complexity index is 280. The molecule has 1 rings (SSSR count). The molecule has 1 heterocycles. The second-order valence-electron chi connectivity index (χ2n) is 2.67. The van der Waals surface area contributed by atoms with E-state index in [1.54, 1.807) is 10.9 Å². The first kappa shape index (κ1) is 8.58. The summed E-state index contributed by atoms with van der Waals surface area (Å²) in [5.41, 5.74) is 4.81. The smallest absolute Gasteiger partial charge is 0.407 e. The normalized spacial score (nSPS) is 10.2. The van der Waals surface area contributed by atoms with Gasteiger partial charge in [0, 0.05) is 6.04 Å². The van der Waals surface area contributed by atoms with Crippen molar-refractivity contribution in [2.24, 2.45) is 5.73 Å². The number of hydrogen-bond acceptors (Lipinski definition) is 3. The molecule has 0 unspecified atom stereocenters. The lowest BCUT2D eigenvalue weighted by atomic mass is 10.4. The standard InChI is InChI=1S/C7H11N3O2/c1-5(2)10-4-6(3-9-10)12-7(8)11/h3-5H,1-2H3,(H2,8,11). The van der Waals surface area contributed by atoms with E-state index in [0.29, 0.717) is 5.75 Å². The van der Waals surface area contributed by atoms with Gasteiger partial charge in [0.05, 0.1) is 12.4 Å². The van der Waals surface area contributed by atoms with Gasteiger partial charge in [-0.1, -0.05) is 0 Å². The van der Waals surface area contributed by atoms with Crippen molar-refractivity contribution in [1.29, 1.82) is 0 Å². The van der Waals surface area contributed by atoms with Gasteiger partial charge in [-0.15, -0.1) is 0 Å². The first-order valence-electron chi connectivity index (χ1n) is 3.61. The highest BCUT2D eigenvalue weighted by Gasteiger charge is 2.03. The Hall–Kier alpha value is -1.52. The summed E-state index contributed by atoms with van der Waals surface area (Å²) < 4.78 is 6.28. The molecule has 1 amide bonds. The molecule has 1 aromatic heterocycles. The van der Waals surface area contributed by atoms with E-state index in [9.17, 15) is 4.79 Å². The maximum atomic E-state index is 10.3. The molecule has 5 nitrogen and oxygen atoms in total. The molecule has 0 aliphatic rings. The van der Waals surface area contributed by atoms with Gasteiger partial charge in [0.15, 0.2) is 5.75 Å². The summed E-state index contributed by atoms with van der Waals surface area (Å²) in [6.07, 6.45) is 2.25. The summed E-state index contributed by atoms with van der Waals surface area (Å²) in [5, 5.41) is 3.95. The van der Waals surface area contributed by atoms with Gasteiger partial charge in [-0.05, 0) is 13.8 Å². The number of primary amides is 1. The number of nitrogens with zero attached hydrogens (tertiary/aromatic N) is 2. The largest absolute Gasteiger partial charge is 0.410 e. The molecule has 0 bridgehead atoms. The molecule has 0 spiro atoms. The van der Waals surface area contributed by atoms with E-state index >= 15 is 0 Å². The van der Waals surface area contributed by atoms with Crippen molar-refractivity contribution in [2.75, 3.05) is 0 Å². The number of aromatic nitrogens is 2. The molecule has 0 saturated carbocycles. The number of rotatable bonds is 2. The zero-order valence-electron chi connectivity index (χ0n) is 7.02. The highest BCUT2D eigenvalue weighted by Crippen LogP contribution is 2.11. The van der Waals surface area contributed by atoms with Crippen LogP contribution in [-0.2, 0) is 0 Å². The van der Waals surface area contributed by atoms with Gasteiger partial charge in [-0.2, -0.15) is 5.10 Å². The summed E-state index contributed by atoms with van der Waals surface area (Å²) in [6.45, 7) is 3.95. The van der Waals surface area contributed by atoms with Gasteiger partial charge in [-0.3, -0.25) is 4.68 Å². The molecule has 0 fully saturated rings. The fourth-order valence-corrected chi connectivity index (χ4v) is 0.772. The van der Waals surface area contributed by atoms with Crippen LogP contribution >= 0.6 is 0 Å². The molecule has 1 aromatic rings. The van der Waals surface area contributed by atoms with Crippen molar-refractivity contribution < 1.29 is 9.53 Å². The molecule has 0 radical (unpaired) electrons. The Morgan fingerprint density at radius 3 is 2.83 bits per heavy atom. The summed E-state index contributed by atoms with van der Waals surface area (Å²) in [4.78, 5) is 10.3. The van der Waals surface area contributed by atoms with Crippen LogP contribution in [0.3, 0.4) is 0 Å². The topological polar surface area (TPSA) is 70.1 Å². The molecule has 0 aliphatic heterocycles. The quantitative estimate of drug-likeness (QED) is 0.715. The second kappa shape index (κ2) is 3.25. The van der Waals surface area contributed by atoms with Crippen molar-refractivity contribution in [1.82, 2.24) is 9.78 Å². The zero-order valence-corrected chi connectivity index (χ0v) is 7.02. The van der Waals surface area contributed by atoms with Crippen molar-refractivity contribution in [2.45, 2.75) is 19.9 Å². The summed E-state index contributed by atoms with van der Waals surface area (Å²) in [7, 11) is 0. The Labute approximate surface area is 70.1 Å². The van der Waals surface area contributed by atoms with Gasteiger partial charge < -0.3 is 10.5 Å². The molecule has 0 saturated heterocycles. The number of hydrogen-bond donors (Lipinski definition) is 1. The number of carbonyl (C=O) groups excluding carboxylic acids is 1. The maximum absolute atomic E-state index is 10.3. The summed E-state index contributed by atoms with van der Waals surface area (Å²) in [5.74, 6) is 0.371. The van der Waals surface area contributed by atoms with Gasteiger partial charge in [0.25, 0.3) is 0 Å². The van der Waals surface area contributed by atoms with E-state index in [-0.39, 0.29) is 6.04 Å². The molecule has 12 heavy (non-hydrogen) atoms. The monoisotopic (exact) mass is 169 g/mol. The Morgan fingerprint density at radius 2 is 2.42 bits per heavy atom. The van der Waals surface area contributed by atoms with Crippen LogP contribution in [0.2, 0.25) is 0 Å². The molecular weight excluding hydrogens is 158 g/mol. The summed E-state index contributed by atoms with van der Waals surface area (Å²) in [6, 6.07) is 0.246. The van der Waals surface area contributed by atoms with Crippen LogP contribution in [0.4, 0.5) is 4.79 Å². The van der Waals surface area contributed by atoms with Crippen LogP contribution in [0, 0.1) is 0 Å². The third-order valence-electron chi connectivity index (χ3n) is 1.33. The van der Waals surface area contributed by atoms with E-state index in [0.717, 1.165) is 0 Å². The molecule has 0 aromatic carbocycles. The van der Waals surface area contributed by atoms with Gasteiger partial charge in [0.1, 0.15) is 0 Å². The van der Waals surface area contributed by atoms with Gasteiger partial charge in [0.2, 0.25) is 0 Å². The van der Waals surface area contributed by atoms with Gasteiger partial charge >= 0.3 is 6.09 Å². The maximum Gasteiger partial charge on any atom is 0.410 e. The van der Waals surface area contributed by atoms with Crippen LogP contribution in [0.5, 0.6) is 5.75 Å². The second-order valence-corrected chi connectivity index (χ2v) is 2.67. The first-order valence-corrected chi connectivity index (χ1v) is 3.61. The van der Waals surface area contributed by atoms with Crippen molar-refractivity contribution in [3.8, 4) is 5.75 Å². The number of nitrogens with two attached hydrogens (primary N) is 1. The van der Waals surface area contributed by atoms with Crippen LogP contribution in [0.15, 0.2) is 12.4 Å². The Morgan fingerprint density at radius 1 is 1.75 bits per heavy atom. The van der Waals surface area contributed by atoms with Crippen molar-refractivity contribution >= 4 is 6.09 Å². The highest BCUT2D eigenvalue weighted by atomic mass is 16.5. The molecule has 0 atom stereocenters. The van der Waals surface area contributed by atoms with E-state index in [1.165, 1.54) is 6.20 Å². The summed E-state index contributed by atoms with van der Waals surface area (Å²) >= 11 is 0. The fourth-order valence-electron chi connectivity index (χ4n) is 0.772. The first-order chi connectivity index (χ1) is 5.59. The van der Waals surface area contributed by atoms with Crippen LogP contribution < -0.4 is 10.5 Å². The van der Waals surface area contributed by atoms with E-state index in [2.05, 4.69) is 9.84 Å². The van der Waals surface area contributed by atoms with E-state index in [1.807, 2.05) is 13.8 Å². The fraction of sp³-hybridized carbons (Fsp3) is 0.429. The lowest BCUT2D eigenvalue weighted by Gasteiger charge is -2.02. The number of carbonyl (C=O) groups is 1. The lowest BCUT2D eigenvalue weighted by Crippen LogP contribution is -2.15. The predicted octanol–water partition coefficient (Wildman–Crippen LogP) is 0.921. The average molecular weight is 169 g/mol. The van der Waals surface area contributed by atoms with Crippen LogP contribution in [-0.4, -0.2) is 15.9 Å².